The highest BCUT2D eigenvalue weighted by atomic mass is 32.2. The van der Waals surface area contributed by atoms with E-state index in [1.807, 2.05) is 0 Å². The quantitative estimate of drug-likeness (QED) is 0.288. The van der Waals surface area contributed by atoms with Crippen LogP contribution in [0.4, 0.5) is 5.13 Å². The van der Waals surface area contributed by atoms with Gasteiger partial charge in [0.2, 0.25) is 9.47 Å². The molecule has 9 nitrogen and oxygen atoms in total. The van der Waals surface area contributed by atoms with Crippen LogP contribution in [0.1, 0.15) is 83.1 Å². The molecule has 0 radical (unpaired) electrons. The van der Waals surface area contributed by atoms with Crippen LogP contribution in [0.5, 0.6) is 0 Å². The molecule has 0 bridgehead atoms. The molecule has 0 aliphatic carbocycles. The number of aromatic nitrogens is 2. The maximum atomic E-state index is 12.5. The second-order valence-electron chi connectivity index (χ2n) is 8.32. The van der Waals surface area contributed by atoms with Crippen molar-refractivity contribution in [2.75, 3.05) is 4.72 Å². The summed E-state index contributed by atoms with van der Waals surface area (Å²) in [5, 5.41) is 11.6. The van der Waals surface area contributed by atoms with Crippen LogP contribution >= 0.6 is 11.3 Å². The molecule has 1 aromatic carbocycles. The summed E-state index contributed by atoms with van der Waals surface area (Å²) >= 11 is 0.520. The molecule has 3 N–H and O–H groups in total. The molecule has 34 heavy (non-hydrogen) atoms. The lowest BCUT2D eigenvalue weighted by Gasteiger charge is -2.06. The van der Waals surface area contributed by atoms with Crippen LogP contribution in [0.3, 0.4) is 0 Å². The SMILES string of the molecule is CCCCCCCCCCCCC(=O)Cc1ccc(S(=O)(=O)Nc2nnc(S(N)(=O)=O)s2)cc1. The fourth-order valence-corrected chi connectivity index (χ4v) is 6.02. The molecule has 2 aromatic rings. The van der Waals surface area contributed by atoms with Gasteiger partial charge in [0, 0.05) is 12.8 Å². The number of anilines is 1. The molecule has 12 heteroatoms. The summed E-state index contributed by atoms with van der Waals surface area (Å²) in [6, 6.07) is 5.99. The van der Waals surface area contributed by atoms with Gasteiger partial charge in [-0.2, -0.15) is 0 Å². The molecule has 1 aromatic heterocycles. The topological polar surface area (TPSA) is 149 Å². The zero-order chi connectivity index (χ0) is 25.0. The van der Waals surface area contributed by atoms with Gasteiger partial charge in [0.25, 0.3) is 20.0 Å². The van der Waals surface area contributed by atoms with E-state index in [4.69, 9.17) is 5.14 Å². The third-order valence-corrected chi connectivity index (χ3v) is 8.95. The first-order chi connectivity index (χ1) is 16.1. The van der Waals surface area contributed by atoms with Crippen LogP contribution < -0.4 is 9.86 Å². The lowest BCUT2D eigenvalue weighted by molar-refractivity contribution is -0.118. The first-order valence-corrected chi connectivity index (χ1v) is 15.5. The number of unbranched alkanes of at least 4 members (excludes halogenated alkanes) is 9. The Morgan fingerprint density at radius 3 is 1.97 bits per heavy atom. The number of benzene rings is 1. The van der Waals surface area contributed by atoms with Crippen molar-refractivity contribution in [1.29, 1.82) is 0 Å². The molecular weight excluding hydrogens is 496 g/mol. The fourth-order valence-electron chi connectivity index (χ4n) is 3.45. The second-order valence-corrected chi connectivity index (χ2v) is 12.7. The van der Waals surface area contributed by atoms with Gasteiger partial charge in [0.1, 0.15) is 5.78 Å². The van der Waals surface area contributed by atoms with Crippen LogP contribution in [0, 0.1) is 0 Å². The molecule has 190 valence electrons. The normalized spacial score (nSPS) is 12.1. The van der Waals surface area contributed by atoms with E-state index in [-0.39, 0.29) is 22.2 Å². The van der Waals surface area contributed by atoms with E-state index < -0.39 is 24.4 Å². The number of hydrogen-bond donors (Lipinski definition) is 2. The third kappa shape index (κ3) is 10.2. The maximum absolute atomic E-state index is 12.5. The lowest BCUT2D eigenvalue weighted by Crippen LogP contribution is -2.13. The number of Topliss-reactive ketones (excluding diaryl/α,β-unsaturated/α-hetero) is 1. The molecule has 0 saturated carbocycles. The minimum absolute atomic E-state index is 0.0363. The first-order valence-electron chi connectivity index (χ1n) is 11.6. The Balaban J connectivity index is 1.72. The van der Waals surface area contributed by atoms with Gasteiger partial charge in [0.15, 0.2) is 0 Å². The number of nitrogens with one attached hydrogen (secondary N) is 1. The van der Waals surface area contributed by atoms with Crippen molar-refractivity contribution in [2.24, 2.45) is 5.14 Å². The van der Waals surface area contributed by atoms with Crippen LogP contribution in [0.25, 0.3) is 0 Å². The Morgan fingerprint density at radius 2 is 1.44 bits per heavy atom. The van der Waals surface area contributed by atoms with Crippen LogP contribution in [-0.4, -0.2) is 32.8 Å². The smallest absolute Gasteiger partial charge is 0.267 e. The van der Waals surface area contributed by atoms with Crippen molar-refractivity contribution in [3.8, 4) is 0 Å². The van der Waals surface area contributed by atoms with E-state index in [2.05, 4.69) is 21.8 Å². The molecule has 0 aliphatic heterocycles. The summed E-state index contributed by atoms with van der Waals surface area (Å²) in [6.07, 6.45) is 12.9. The number of nitrogens with two attached hydrogens (primary N) is 1. The zero-order valence-corrected chi connectivity index (χ0v) is 22.0. The van der Waals surface area contributed by atoms with E-state index >= 15 is 0 Å². The highest BCUT2D eigenvalue weighted by molar-refractivity contribution is 7.93. The number of sulfonamides is 2. The van der Waals surface area contributed by atoms with Crippen LogP contribution in [-0.2, 0) is 31.3 Å². The molecule has 0 saturated heterocycles. The van der Waals surface area contributed by atoms with Gasteiger partial charge in [-0.1, -0.05) is 88.2 Å². The molecule has 0 unspecified atom stereocenters. The fraction of sp³-hybridized carbons (Fsp3) is 0.591. The predicted molar refractivity (Wildman–Crippen MR) is 134 cm³/mol. The Morgan fingerprint density at radius 1 is 0.882 bits per heavy atom. The van der Waals surface area contributed by atoms with E-state index in [1.54, 1.807) is 12.1 Å². The number of rotatable bonds is 17. The van der Waals surface area contributed by atoms with Crippen LogP contribution in [0.15, 0.2) is 33.5 Å². The monoisotopic (exact) mass is 530 g/mol. The van der Waals surface area contributed by atoms with E-state index in [1.165, 1.54) is 57.1 Å². The Hall–Kier alpha value is -1.89. The molecular formula is C22H34N4O5S3. The van der Waals surface area contributed by atoms with Crippen molar-refractivity contribution in [1.82, 2.24) is 10.2 Å². The average molecular weight is 531 g/mol. The van der Waals surface area contributed by atoms with Crippen molar-refractivity contribution < 1.29 is 21.6 Å². The number of primary sulfonamides is 1. The summed E-state index contributed by atoms with van der Waals surface area (Å²) in [5.41, 5.74) is 0.739. The minimum Gasteiger partial charge on any atom is -0.299 e. The number of hydrogen-bond acceptors (Lipinski definition) is 8. The standard InChI is InChI=1S/C22H34N4O5S3/c1-2-3-4-5-6-7-8-9-10-11-12-19(27)17-18-13-15-20(16-14-18)34(30,31)26-21-24-25-22(32-21)33(23,28)29/h13-16H,2-12,17H2,1H3,(H,24,26)(H2,23,28,29). The number of carbonyl (C=O) groups excluding carboxylic acids is 1. The maximum Gasteiger partial charge on any atom is 0.267 e. The van der Waals surface area contributed by atoms with E-state index in [0.717, 1.165) is 24.8 Å². The summed E-state index contributed by atoms with van der Waals surface area (Å²) < 4.78 is 49.2. The molecule has 1 heterocycles. The van der Waals surface area contributed by atoms with Gasteiger partial charge in [-0.05, 0) is 24.1 Å². The van der Waals surface area contributed by atoms with Crippen molar-refractivity contribution >= 4 is 42.3 Å². The summed E-state index contributed by atoms with van der Waals surface area (Å²) in [7, 11) is -8.04. The largest absolute Gasteiger partial charge is 0.299 e. The Labute approximate surface area is 206 Å². The van der Waals surface area contributed by atoms with Gasteiger partial charge in [-0.15, -0.1) is 10.2 Å². The Bertz CT molecular complexity index is 1110. The van der Waals surface area contributed by atoms with Crippen LogP contribution in [0.2, 0.25) is 0 Å². The highest BCUT2D eigenvalue weighted by Gasteiger charge is 2.20. The highest BCUT2D eigenvalue weighted by Crippen LogP contribution is 2.22. The molecule has 0 fully saturated rings. The van der Waals surface area contributed by atoms with Crippen molar-refractivity contribution in [2.45, 2.75) is 93.2 Å². The van der Waals surface area contributed by atoms with Gasteiger partial charge < -0.3 is 0 Å². The van der Waals surface area contributed by atoms with Gasteiger partial charge in [-0.3, -0.25) is 9.52 Å². The van der Waals surface area contributed by atoms with Crippen molar-refractivity contribution in [3.63, 3.8) is 0 Å². The molecule has 0 aliphatic rings. The second kappa shape index (κ2) is 13.9. The summed E-state index contributed by atoms with van der Waals surface area (Å²) in [4.78, 5) is 12.2. The molecule has 0 atom stereocenters. The van der Waals surface area contributed by atoms with Crippen molar-refractivity contribution in [3.05, 3.63) is 29.8 Å². The number of carbonyl (C=O) groups is 1. The number of nitrogens with zero attached hydrogens (tertiary/aromatic N) is 2. The molecule has 2 rings (SSSR count). The summed E-state index contributed by atoms with van der Waals surface area (Å²) in [5.74, 6) is 0.137. The summed E-state index contributed by atoms with van der Waals surface area (Å²) in [6.45, 7) is 2.22. The molecule has 0 amide bonds. The molecule has 0 spiro atoms. The van der Waals surface area contributed by atoms with Gasteiger partial charge in [0.05, 0.1) is 4.90 Å². The average Bonchev–Trinajstić information content (AvgIpc) is 3.24. The van der Waals surface area contributed by atoms with Gasteiger partial charge >= 0.3 is 0 Å². The Kier molecular flexibility index (Phi) is 11.6. The van der Waals surface area contributed by atoms with E-state index in [9.17, 15) is 21.6 Å². The minimum atomic E-state index is -4.06. The lowest BCUT2D eigenvalue weighted by atomic mass is 10.0. The third-order valence-electron chi connectivity index (χ3n) is 5.32. The number of ketones is 1. The zero-order valence-electron chi connectivity index (χ0n) is 19.5. The van der Waals surface area contributed by atoms with Gasteiger partial charge in [-0.25, -0.2) is 22.0 Å². The predicted octanol–water partition coefficient (Wildman–Crippen LogP) is 4.41. The van der Waals surface area contributed by atoms with E-state index in [0.29, 0.717) is 17.8 Å². The first kappa shape index (κ1) is 28.3.